The van der Waals surface area contributed by atoms with Crippen molar-refractivity contribution >= 4 is 52.8 Å². The second kappa shape index (κ2) is 82.2. The third-order valence-corrected chi connectivity index (χ3v) is 19.3. The number of nitrogens with one attached hydrogen (secondary N) is 1. The zero-order chi connectivity index (χ0) is 89.0. The predicted octanol–water partition coefficient (Wildman–Crippen LogP) is 32.1. The molecule has 0 atom stereocenters. The van der Waals surface area contributed by atoms with Gasteiger partial charge in [-0.05, 0) is 191 Å². The minimum absolute atomic E-state index is 0.00981. The quantitative estimate of drug-likeness (QED) is 0.0299. The van der Waals surface area contributed by atoms with Crippen LogP contribution in [-0.2, 0) is 15.9 Å². The van der Waals surface area contributed by atoms with Gasteiger partial charge in [0.25, 0.3) is 5.91 Å². The number of amides is 1. The summed E-state index contributed by atoms with van der Waals surface area (Å²) in [6.45, 7) is 75.4. The molecule has 0 aliphatic heterocycles. The number of carbonyl (C=O) groups is 3. The van der Waals surface area contributed by atoms with Crippen molar-refractivity contribution in [1.82, 2.24) is 5.32 Å². The van der Waals surface area contributed by atoms with Gasteiger partial charge in [0, 0.05) is 67.4 Å². The molecule has 7 nitrogen and oxygen atoms in total. The van der Waals surface area contributed by atoms with Gasteiger partial charge in [0.05, 0.1) is 13.2 Å². The topological polar surface area (TPSA) is 90.9 Å². The third-order valence-electron chi connectivity index (χ3n) is 15.2. The van der Waals surface area contributed by atoms with Crippen molar-refractivity contribution in [2.24, 2.45) is 65.1 Å². The Balaban J connectivity index is -0.000000404. The lowest BCUT2D eigenvalue weighted by Gasteiger charge is -2.09. The molecule has 6 aromatic rings. The lowest BCUT2D eigenvalue weighted by Crippen LogP contribution is -2.25. The molecule has 1 amide bonds. The van der Waals surface area contributed by atoms with Crippen LogP contribution in [-0.4, -0.2) is 91.6 Å². The van der Waals surface area contributed by atoms with Crippen molar-refractivity contribution in [1.29, 1.82) is 0 Å². The monoisotopic (exact) mass is 1660 g/mol. The summed E-state index contributed by atoms with van der Waals surface area (Å²) < 4.78 is 16.7. The van der Waals surface area contributed by atoms with Crippen LogP contribution in [0.3, 0.4) is 0 Å². The van der Waals surface area contributed by atoms with E-state index in [2.05, 4.69) is 311 Å². The highest BCUT2D eigenvalue weighted by Gasteiger charge is 2.09. The smallest absolute Gasteiger partial charge is 0.251 e. The number of benzene rings is 6. The third kappa shape index (κ3) is 92.8. The fraction of sp³-hybridized carbons (Fsp3) is 0.632. The van der Waals surface area contributed by atoms with Crippen molar-refractivity contribution in [3.63, 3.8) is 0 Å². The predicted molar refractivity (Wildman–Crippen MR) is 528 cm³/mol. The minimum atomic E-state index is -0.00981. The van der Waals surface area contributed by atoms with Crippen molar-refractivity contribution in [2.75, 3.05) is 74.1 Å². The van der Waals surface area contributed by atoms with Gasteiger partial charge < -0.3 is 19.5 Å². The second-order valence-electron chi connectivity index (χ2n) is 36.5. The Morgan fingerprint density at radius 3 is 0.957 bits per heavy atom. The number of Topliss-reactive ketones (excluding diaryl/α,β-unsaturated/α-hetero) is 2. The molecule has 0 bridgehead atoms. The van der Waals surface area contributed by atoms with Gasteiger partial charge in [-0.15, -0.1) is 0 Å². The van der Waals surface area contributed by atoms with Gasteiger partial charge in [-0.25, -0.2) is 0 Å². The van der Waals surface area contributed by atoms with Crippen molar-refractivity contribution in [3.05, 3.63) is 209 Å². The van der Waals surface area contributed by atoms with Crippen LogP contribution in [0.25, 0.3) is 0 Å². The van der Waals surface area contributed by atoms with Crippen molar-refractivity contribution < 1.29 is 28.6 Å². The molecule has 1 N–H and O–H groups in total. The maximum absolute atomic E-state index is 11.9. The van der Waals surface area contributed by atoms with Crippen molar-refractivity contribution in [2.45, 2.75) is 297 Å². The zero-order valence-corrected chi connectivity index (χ0v) is 83.2. The summed E-state index contributed by atoms with van der Waals surface area (Å²) in [5.41, 5.74) is 7.74. The first kappa shape index (κ1) is 119. The number of carbonyl (C=O) groups excluding carboxylic acids is 3. The summed E-state index contributed by atoms with van der Waals surface area (Å²) in [4.78, 5) is 35.2. The molecule has 6 rings (SSSR count). The van der Waals surface area contributed by atoms with Crippen LogP contribution < -0.4 is 10.1 Å². The average molecular weight is 1660 g/mol. The number of ether oxygens (including phenoxy) is 3. The molecular formula is C106H181NO6S3. The molecular weight excluding hydrogens is 1480 g/mol. The van der Waals surface area contributed by atoms with E-state index in [0.717, 1.165) is 140 Å². The maximum Gasteiger partial charge on any atom is 0.251 e. The SMILES string of the molecule is CC(C)C.CC(C)C.CC(C)C.CC(C)C.CC(C)CCCC(=O)c1ccccc1.CC(C)CCOCCCC(=O)c1ccccc1.CC(C)CCOCCSCC(C)C.CC(C)CCSCC(C)C.CC(C)CSCCOc1ccc(C(C)C)cc1.CC(C)c1ccc(CCNC(=O)c2ccccc2)cc1.CC(C)c1ccccc1. The molecule has 0 heterocycles. The maximum atomic E-state index is 11.9. The fourth-order valence-electron chi connectivity index (χ4n) is 8.87. The van der Waals surface area contributed by atoms with Crippen LogP contribution in [0.2, 0.25) is 0 Å². The number of ketones is 2. The Hall–Kier alpha value is -5.10. The molecule has 10 heteroatoms. The molecule has 0 aliphatic rings. The molecule has 0 fully saturated rings. The van der Waals surface area contributed by atoms with Crippen LogP contribution in [0.4, 0.5) is 0 Å². The Morgan fingerprint density at radius 2 is 0.612 bits per heavy atom. The van der Waals surface area contributed by atoms with E-state index in [1.54, 1.807) is 0 Å². The van der Waals surface area contributed by atoms with Gasteiger partial charge in [-0.1, -0.05) is 374 Å². The minimum Gasteiger partial charge on any atom is -0.493 e. The highest BCUT2D eigenvalue weighted by Crippen LogP contribution is 2.21. The molecule has 0 unspecified atom stereocenters. The lowest BCUT2D eigenvalue weighted by atomic mass is 10.0. The molecule has 0 aliphatic carbocycles. The van der Waals surface area contributed by atoms with E-state index in [4.69, 9.17) is 14.2 Å². The summed E-state index contributed by atoms with van der Waals surface area (Å²) in [5, 5.41) is 2.95. The summed E-state index contributed by atoms with van der Waals surface area (Å²) in [5.74, 6) is 19.4. The summed E-state index contributed by atoms with van der Waals surface area (Å²) >= 11 is 6.05. The Morgan fingerprint density at radius 1 is 0.302 bits per heavy atom. The van der Waals surface area contributed by atoms with Crippen LogP contribution in [0.1, 0.15) is 344 Å². The summed E-state index contributed by atoms with van der Waals surface area (Å²) in [6.07, 6.45) is 8.72. The average Bonchev–Trinajstić information content (AvgIpc) is 0.911. The van der Waals surface area contributed by atoms with E-state index in [1.807, 2.05) is 121 Å². The summed E-state index contributed by atoms with van der Waals surface area (Å²) in [6, 6.07) is 55.9. The van der Waals surface area contributed by atoms with Crippen LogP contribution in [0, 0.1) is 65.1 Å². The van der Waals surface area contributed by atoms with Crippen LogP contribution in [0.5, 0.6) is 5.75 Å². The number of thioether (sulfide) groups is 3. The van der Waals surface area contributed by atoms with E-state index < -0.39 is 0 Å². The molecule has 0 radical (unpaired) electrons. The standard InChI is InChI=1S/C18H21NO.C15H22O2.C15H24OS.C13H18O.C11H24OS.C9H20S.C9H12.4C4H10/c1-14(2)16-10-8-15(9-11-16)12-13-19-18(20)17-6-4-3-5-7-17;1-13(2)10-12-17-11-6-9-15(16)14-7-4-3-5-8-14;1-12(2)11-17-10-9-16-15-7-5-14(6-8-15)13(3)4;1-11(2)7-6-10-13(14)12-8-4-3-5-9-12;1-10(2)5-6-12-7-8-13-9-11(3)4;1-8(2)5-6-10-7-9(3)4;1-8(2)9-6-4-3-5-7-9;4*1-4(2)3/h3-11,14H,12-13H2,1-2H3,(H,19,20);3-5,7-8,13H,6,9-12H2,1-2H3;5-8,12-13H,9-11H2,1-4H3;3-5,8-9,11H,6-7,10H2,1-2H3;10-11H,5-9H2,1-4H3;8-9H,5-7H2,1-4H3;3-8H,1-2H3;4*4H,1-3H3. The zero-order valence-electron chi connectivity index (χ0n) is 80.8. The number of rotatable bonds is 39. The van der Waals surface area contributed by atoms with Gasteiger partial charge in [0.1, 0.15) is 5.75 Å². The van der Waals surface area contributed by atoms with Crippen molar-refractivity contribution in [3.8, 4) is 5.75 Å². The van der Waals surface area contributed by atoms with E-state index in [0.29, 0.717) is 61.1 Å². The van der Waals surface area contributed by atoms with E-state index in [9.17, 15) is 14.4 Å². The first-order valence-corrected chi connectivity index (χ1v) is 48.4. The number of hydrogen-bond donors (Lipinski definition) is 1. The molecule has 0 spiro atoms. The van der Waals surface area contributed by atoms with Crippen LogP contribution >= 0.6 is 35.3 Å². The first-order valence-electron chi connectivity index (χ1n) is 44.9. The Bertz CT molecular complexity index is 2960. The number of hydrogen-bond acceptors (Lipinski definition) is 9. The molecule has 0 aromatic heterocycles. The second-order valence-corrected chi connectivity index (χ2v) is 39.9. The largest absolute Gasteiger partial charge is 0.493 e. The van der Waals surface area contributed by atoms with Crippen LogP contribution in [0.15, 0.2) is 170 Å². The molecule has 0 saturated heterocycles. The van der Waals surface area contributed by atoms with Gasteiger partial charge in [-0.3, -0.25) is 14.4 Å². The Kier molecular flexibility index (Phi) is 84.7. The molecule has 664 valence electrons. The highest BCUT2D eigenvalue weighted by molar-refractivity contribution is 7.99. The molecule has 0 saturated carbocycles. The first-order chi connectivity index (χ1) is 54.6. The van der Waals surface area contributed by atoms with Gasteiger partial charge in [0.15, 0.2) is 11.6 Å². The van der Waals surface area contributed by atoms with E-state index >= 15 is 0 Å². The fourth-order valence-corrected chi connectivity index (χ4v) is 11.9. The van der Waals surface area contributed by atoms with Gasteiger partial charge in [-0.2, -0.15) is 35.3 Å². The lowest BCUT2D eigenvalue weighted by molar-refractivity contribution is 0.0924. The van der Waals surface area contributed by atoms with Gasteiger partial charge >= 0.3 is 0 Å². The molecule has 6 aromatic carbocycles. The van der Waals surface area contributed by atoms with Gasteiger partial charge in [0.2, 0.25) is 0 Å². The van der Waals surface area contributed by atoms with E-state index in [-0.39, 0.29) is 17.5 Å². The highest BCUT2D eigenvalue weighted by atomic mass is 32.2. The Labute approximate surface area is 732 Å². The summed E-state index contributed by atoms with van der Waals surface area (Å²) in [7, 11) is 0. The molecule has 116 heavy (non-hydrogen) atoms. The van der Waals surface area contributed by atoms with E-state index in [1.165, 1.54) is 58.1 Å². The normalized spacial score (nSPS) is 10.6.